The zero-order valence-corrected chi connectivity index (χ0v) is 11.9. The van der Waals surface area contributed by atoms with Gasteiger partial charge in [-0.3, -0.25) is 14.1 Å². The summed E-state index contributed by atoms with van der Waals surface area (Å²) in [5.74, 6) is -5.02. The zero-order valence-electron chi connectivity index (χ0n) is 9.14. The Morgan fingerprint density at radius 1 is 0.950 bits per heavy atom. The number of hydrogen-bond acceptors (Lipinski definition) is 7. The van der Waals surface area contributed by atoms with E-state index in [0.717, 1.165) is 0 Å². The maximum atomic E-state index is 10.3. The Balaban J connectivity index is -0.000000158. The molecule has 0 amide bonds. The zero-order chi connectivity index (χ0) is 15.1. The van der Waals surface area contributed by atoms with Gasteiger partial charge in [0, 0.05) is 33.0 Å². The monoisotopic (exact) mass is 405 g/mol. The topological polar surface area (TPSA) is 210 Å². The summed E-state index contributed by atoms with van der Waals surface area (Å²) in [6.07, 6.45) is -2.29. The number of carboxylic acid groups (broad SMARTS) is 3. The molecular weight excluding hydrogens is 398 g/mol. The van der Waals surface area contributed by atoms with E-state index in [0.29, 0.717) is 0 Å². The Bertz CT molecular complexity index is 406. The summed E-state index contributed by atoms with van der Waals surface area (Å²) < 4.78 is 32.8. The molecule has 0 aromatic heterocycles. The Morgan fingerprint density at radius 2 is 1.15 bits per heavy atom. The van der Waals surface area contributed by atoms with E-state index in [1.165, 1.54) is 0 Å². The summed E-state index contributed by atoms with van der Waals surface area (Å²) in [6, 6.07) is 0. The molecule has 0 rings (SSSR count). The molecule has 126 valence electrons. The molecule has 0 aliphatic carbocycles. The molecule has 5 N–H and O–H groups in total. The molecule has 20 heavy (non-hydrogen) atoms. The summed E-state index contributed by atoms with van der Waals surface area (Å²) >= 11 is 0. The minimum absolute atomic E-state index is 0. The predicted octanol–water partition coefficient (Wildman–Crippen LogP) is -2.25. The van der Waals surface area contributed by atoms with Crippen LogP contribution >= 0.6 is 0 Å². The van der Waals surface area contributed by atoms with Crippen LogP contribution in [0, 0.1) is 0 Å². The molecule has 0 aromatic rings. The van der Waals surface area contributed by atoms with E-state index in [-0.39, 0.29) is 33.0 Å². The first-order valence-electron chi connectivity index (χ1n) is 3.85. The van der Waals surface area contributed by atoms with E-state index >= 15 is 0 Å². The Kier molecular flexibility index (Phi) is 15.1. The van der Waals surface area contributed by atoms with E-state index in [2.05, 4.69) is 0 Å². The van der Waals surface area contributed by atoms with Gasteiger partial charge in [-0.25, -0.2) is 13.2 Å². The van der Waals surface area contributed by atoms with Crippen LogP contribution in [-0.4, -0.2) is 61.5 Å². The molecular formula is C6H9Ni2O11S-. The van der Waals surface area contributed by atoms with E-state index in [1.54, 1.807) is 0 Å². The number of carbonyl (C=O) groups is 3. The second kappa shape index (κ2) is 10.9. The number of hydrogen-bond donors (Lipinski definition) is 5. The van der Waals surface area contributed by atoms with Crippen molar-refractivity contribution >= 4 is 28.3 Å². The van der Waals surface area contributed by atoms with Gasteiger partial charge in [-0.15, -0.1) is 0 Å². The van der Waals surface area contributed by atoms with Crippen molar-refractivity contribution in [3.05, 3.63) is 0 Å². The van der Waals surface area contributed by atoms with Crippen LogP contribution in [0.4, 0.5) is 0 Å². The van der Waals surface area contributed by atoms with Crippen molar-refractivity contribution in [2.45, 2.75) is 18.4 Å². The largest absolute Gasteiger partial charge is 0.726 e. The molecule has 0 saturated heterocycles. The van der Waals surface area contributed by atoms with Crippen LogP contribution in [0.15, 0.2) is 0 Å². The van der Waals surface area contributed by atoms with Gasteiger partial charge in [0.05, 0.1) is 12.8 Å². The first-order chi connectivity index (χ1) is 7.78. The van der Waals surface area contributed by atoms with Crippen molar-refractivity contribution in [2.75, 3.05) is 0 Å². The fourth-order valence-electron chi connectivity index (χ4n) is 0.714. The minimum atomic E-state index is -4.92. The molecule has 0 aromatic carbocycles. The molecule has 0 radical (unpaired) electrons. The number of carboxylic acids is 3. The number of aliphatic hydroxyl groups is 1. The summed E-state index contributed by atoms with van der Waals surface area (Å²) in [5.41, 5.74) is -2.74. The second-order valence-electron chi connectivity index (χ2n) is 2.91. The maximum absolute atomic E-state index is 10.3. The third-order valence-electron chi connectivity index (χ3n) is 1.29. The molecule has 0 aliphatic heterocycles. The van der Waals surface area contributed by atoms with Gasteiger partial charge in [0.15, 0.2) is 5.60 Å². The Labute approximate surface area is 132 Å². The van der Waals surface area contributed by atoms with Gasteiger partial charge in [-0.1, -0.05) is 0 Å². The van der Waals surface area contributed by atoms with Crippen molar-refractivity contribution in [3.63, 3.8) is 0 Å². The third-order valence-corrected chi connectivity index (χ3v) is 1.29. The van der Waals surface area contributed by atoms with Crippen LogP contribution in [0.1, 0.15) is 12.8 Å². The van der Waals surface area contributed by atoms with E-state index in [9.17, 15) is 14.4 Å². The first-order valence-corrected chi connectivity index (χ1v) is 5.22. The standard InChI is InChI=1S/C6H8O7.2Ni.H2O4S/c7-3(8)1-6(13,5(11)12)2-4(9)10;;;1-5(2,3)4/h13H,1-2H2,(H,7,8)(H,9,10)(H,11,12);;;(H2,1,2,3,4)/p-1. The fourth-order valence-corrected chi connectivity index (χ4v) is 0.714. The van der Waals surface area contributed by atoms with Crippen LogP contribution in [0.5, 0.6) is 0 Å². The van der Waals surface area contributed by atoms with Gasteiger partial charge in [0.1, 0.15) is 0 Å². The van der Waals surface area contributed by atoms with Gasteiger partial charge in [-0.2, -0.15) is 0 Å². The first kappa shape index (κ1) is 27.5. The Hall–Kier alpha value is -0.773. The number of aliphatic carboxylic acids is 3. The van der Waals surface area contributed by atoms with Crippen LogP contribution in [0.25, 0.3) is 0 Å². The minimum Gasteiger partial charge on any atom is -0.726 e. The van der Waals surface area contributed by atoms with Gasteiger partial charge in [-0.05, 0) is 0 Å². The van der Waals surface area contributed by atoms with E-state index in [1.807, 2.05) is 0 Å². The summed E-state index contributed by atoms with van der Waals surface area (Å²) in [5, 5.41) is 33.8. The van der Waals surface area contributed by atoms with Crippen molar-refractivity contribution in [1.29, 1.82) is 0 Å². The maximum Gasteiger partial charge on any atom is 0.336 e. The normalized spacial score (nSPS) is 9.95. The van der Waals surface area contributed by atoms with Crippen LogP contribution in [-0.2, 0) is 57.8 Å². The summed E-state index contributed by atoms with van der Waals surface area (Å²) in [4.78, 5) is 30.5. The molecule has 0 aliphatic rings. The Morgan fingerprint density at radius 3 is 1.25 bits per heavy atom. The fraction of sp³-hybridized carbons (Fsp3) is 0.500. The molecule has 0 heterocycles. The molecule has 11 nitrogen and oxygen atoms in total. The van der Waals surface area contributed by atoms with Crippen molar-refractivity contribution in [2.24, 2.45) is 0 Å². The molecule has 0 atom stereocenters. The van der Waals surface area contributed by atoms with E-state index in [4.69, 9.17) is 37.9 Å². The smallest absolute Gasteiger partial charge is 0.336 e. The molecule has 0 spiro atoms. The second-order valence-corrected chi connectivity index (χ2v) is 3.76. The molecule has 0 bridgehead atoms. The van der Waals surface area contributed by atoms with Crippen LogP contribution < -0.4 is 0 Å². The van der Waals surface area contributed by atoms with Crippen molar-refractivity contribution in [1.82, 2.24) is 0 Å². The van der Waals surface area contributed by atoms with Crippen LogP contribution in [0.2, 0.25) is 0 Å². The van der Waals surface area contributed by atoms with Crippen molar-refractivity contribution < 1.29 is 85.3 Å². The molecule has 0 saturated carbocycles. The molecule has 0 fully saturated rings. The van der Waals surface area contributed by atoms with Gasteiger partial charge in [0.25, 0.3) is 0 Å². The molecule has 14 heteroatoms. The SMILES string of the molecule is O=C(O)CC(O)(CC(=O)O)C(=O)O.O=S(=O)([O-])O.[Ni].[Ni]. The summed E-state index contributed by atoms with van der Waals surface area (Å²) in [7, 11) is -4.92. The predicted molar refractivity (Wildman–Crippen MR) is 49.4 cm³/mol. The third kappa shape index (κ3) is 19.6. The average molecular weight is 407 g/mol. The summed E-state index contributed by atoms with van der Waals surface area (Å²) in [6.45, 7) is 0. The quantitative estimate of drug-likeness (QED) is 0.187. The van der Waals surface area contributed by atoms with E-state index < -0.39 is 46.7 Å². The number of rotatable bonds is 5. The van der Waals surface area contributed by atoms with Gasteiger partial charge >= 0.3 is 17.9 Å². The van der Waals surface area contributed by atoms with Gasteiger partial charge < -0.3 is 25.0 Å². The van der Waals surface area contributed by atoms with Crippen LogP contribution in [0.3, 0.4) is 0 Å². The van der Waals surface area contributed by atoms with Gasteiger partial charge in [0.2, 0.25) is 10.4 Å². The van der Waals surface area contributed by atoms with Crippen molar-refractivity contribution in [3.8, 4) is 0 Å². The molecule has 0 unspecified atom stereocenters. The average Bonchev–Trinajstić information content (AvgIpc) is 1.95.